The second-order valence-electron chi connectivity index (χ2n) is 7.61. The van der Waals surface area contributed by atoms with Crippen LogP contribution in [0.3, 0.4) is 0 Å². The Balaban J connectivity index is 0.00000196. The molecule has 2 aliphatic heterocycles. The molecule has 2 fully saturated rings. The number of aliphatic hydroxyl groups excluding tert-OH is 1. The van der Waals surface area contributed by atoms with Gasteiger partial charge in [0.25, 0.3) is 0 Å². The van der Waals surface area contributed by atoms with Crippen molar-refractivity contribution in [2.75, 3.05) is 6.54 Å². The summed E-state index contributed by atoms with van der Waals surface area (Å²) in [6.45, 7) is 0.273. The fraction of sp³-hybridized carbons (Fsp3) is 0.476. The molecular formula is C21H27ClN2O2. The second kappa shape index (κ2) is 8.38. The lowest BCUT2D eigenvalue weighted by Crippen LogP contribution is -2.40. The van der Waals surface area contributed by atoms with Gasteiger partial charge in [-0.25, -0.2) is 0 Å². The molecule has 2 saturated heterocycles. The van der Waals surface area contributed by atoms with Crippen LogP contribution in [0.1, 0.15) is 43.8 Å². The fourth-order valence-corrected chi connectivity index (χ4v) is 4.42. The topological polar surface area (TPSA) is 61.4 Å². The van der Waals surface area contributed by atoms with Crippen molar-refractivity contribution >= 4 is 29.1 Å². The number of fused-ring (bicyclic) bond motifs is 3. The van der Waals surface area contributed by atoms with Gasteiger partial charge in [-0.05, 0) is 54.0 Å². The average Bonchev–Trinajstić information content (AvgIpc) is 2.97. The highest BCUT2D eigenvalue weighted by Gasteiger charge is 2.34. The summed E-state index contributed by atoms with van der Waals surface area (Å²) in [5, 5.41) is 19.2. The Labute approximate surface area is 160 Å². The first-order chi connectivity index (χ1) is 12.2. The Hall–Kier alpha value is -1.62. The Kier molecular flexibility index (Phi) is 6.17. The summed E-state index contributed by atoms with van der Waals surface area (Å²) in [6.07, 6.45) is 4.64. The van der Waals surface area contributed by atoms with E-state index in [2.05, 4.69) is 16.7 Å². The minimum Gasteiger partial charge on any atom is -0.387 e. The molecule has 3 atom stereocenters. The third-order valence-electron chi connectivity index (χ3n) is 5.70. The molecule has 2 aliphatic rings. The van der Waals surface area contributed by atoms with Crippen LogP contribution in [0.25, 0.3) is 10.8 Å². The number of rotatable bonds is 5. The molecule has 140 valence electrons. The number of piperidine rings is 1. The van der Waals surface area contributed by atoms with Crippen LogP contribution in [0.4, 0.5) is 0 Å². The van der Waals surface area contributed by atoms with Gasteiger partial charge in [0.1, 0.15) is 0 Å². The Bertz CT molecular complexity index is 755. The van der Waals surface area contributed by atoms with E-state index < -0.39 is 6.10 Å². The number of hydrogen-bond donors (Lipinski definition) is 3. The Morgan fingerprint density at radius 3 is 2.54 bits per heavy atom. The van der Waals surface area contributed by atoms with Crippen molar-refractivity contribution in [2.45, 2.75) is 50.3 Å². The van der Waals surface area contributed by atoms with E-state index in [1.807, 2.05) is 36.4 Å². The third kappa shape index (κ3) is 4.37. The quantitative estimate of drug-likeness (QED) is 0.752. The first kappa shape index (κ1) is 19.2. The molecule has 0 aromatic heterocycles. The molecule has 1 amide bonds. The van der Waals surface area contributed by atoms with Crippen LogP contribution in [-0.2, 0) is 4.79 Å². The smallest absolute Gasteiger partial charge is 0.220 e. The number of carbonyl (C=O) groups is 1. The molecular weight excluding hydrogens is 348 g/mol. The van der Waals surface area contributed by atoms with Crippen LogP contribution in [0.5, 0.6) is 0 Å². The zero-order chi connectivity index (χ0) is 17.2. The number of aliphatic hydroxyl groups is 1. The SMILES string of the molecule is Cl.O=C(CC1CC2CCC(C1)N2)NCC(O)c1ccc2ccccc2c1. The van der Waals surface area contributed by atoms with Crippen molar-refractivity contribution < 1.29 is 9.90 Å². The predicted molar refractivity (Wildman–Crippen MR) is 106 cm³/mol. The molecule has 26 heavy (non-hydrogen) atoms. The van der Waals surface area contributed by atoms with Gasteiger partial charge in [-0.15, -0.1) is 12.4 Å². The highest BCUT2D eigenvalue weighted by Crippen LogP contribution is 2.32. The molecule has 3 unspecified atom stereocenters. The zero-order valence-corrected chi connectivity index (χ0v) is 15.7. The molecule has 0 aliphatic carbocycles. The third-order valence-corrected chi connectivity index (χ3v) is 5.70. The van der Waals surface area contributed by atoms with E-state index in [9.17, 15) is 9.90 Å². The molecule has 4 rings (SSSR count). The van der Waals surface area contributed by atoms with E-state index >= 15 is 0 Å². The number of amides is 1. The summed E-state index contributed by atoms with van der Waals surface area (Å²) in [6, 6.07) is 15.3. The highest BCUT2D eigenvalue weighted by molar-refractivity contribution is 5.85. The normalized spacial score (nSPS) is 25.5. The molecule has 2 heterocycles. The van der Waals surface area contributed by atoms with Crippen molar-refractivity contribution in [1.82, 2.24) is 10.6 Å². The zero-order valence-electron chi connectivity index (χ0n) is 14.9. The van der Waals surface area contributed by atoms with E-state index in [1.54, 1.807) is 0 Å². The van der Waals surface area contributed by atoms with E-state index in [4.69, 9.17) is 0 Å². The van der Waals surface area contributed by atoms with E-state index in [0.717, 1.165) is 29.2 Å². The van der Waals surface area contributed by atoms with Crippen LogP contribution in [0.2, 0.25) is 0 Å². The van der Waals surface area contributed by atoms with Gasteiger partial charge in [-0.1, -0.05) is 36.4 Å². The summed E-state index contributed by atoms with van der Waals surface area (Å²) >= 11 is 0. The Morgan fingerprint density at radius 1 is 1.12 bits per heavy atom. The van der Waals surface area contributed by atoms with Crippen LogP contribution in [0, 0.1) is 5.92 Å². The predicted octanol–water partition coefficient (Wildman–Crippen LogP) is 3.33. The molecule has 0 saturated carbocycles. The maximum atomic E-state index is 12.3. The van der Waals surface area contributed by atoms with Crippen molar-refractivity contribution in [3.05, 3.63) is 48.0 Å². The first-order valence-electron chi connectivity index (χ1n) is 9.37. The number of halogens is 1. The van der Waals surface area contributed by atoms with Gasteiger partial charge in [0.15, 0.2) is 0 Å². The van der Waals surface area contributed by atoms with Gasteiger partial charge in [0, 0.05) is 25.0 Å². The monoisotopic (exact) mass is 374 g/mol. The molecule has 3 N–H and O–H groups in total. The standard InChI is InChI=1S/C21H26N2O2.ClH/c24-20(17-6-5-15-3-1-2-4-16(15)12-17)13-22-21(25)11-14-9-18-7-8-19(10-14)23-18;/h1-6,12,14,18-20,23-24H,7-11,13H2,(H,22,25);1H. The summed E-state index contributed by atoms with van der Waals surface area (Å²) in [4.78, 5) is 12.3. The van der Waals surface area contributed by atoms with Crippen molar-refractivity contribution in [3.8, 4) is 0 Å². The van der Waals surface area contributed by atoms with Gasteiger partial charge < -0.3 is 15.7 Å². The first-order valence-corrected chi connectivity index (χ1v) is 9.37. The summed E-state index contributed by atoms with van der Waals surface area (Å²) in [5.74, 6) is 0.544. The maximum absolute atomic E-state index is 12.3. The molecule has 5 heteroatoms. The largest absolute Gasteiger partial charge is 0.387 e. The van der Waals surface area contributed by atoms with Gasteiger partial charge in [0.2, 0.25) is 5.91 Å². The maximum Gasteiger partial charge on any atom is 0.220 e. The average molecular weight is 375 g/mol. The highest BCUT2D eigenvalue weighted by atomic mass is 35.5. The van der Waals surface area contributed by atoms with E-state index in [0.29, 0.717) is 24.4 Å². The lowest BCUT2D eigenvalue weighted by Gasteiger charge is -2.28. The van der Waals surface area contributed by atoms with Crippen LogP contribution < -0.4 is 10.6 Å². The van der Waals surface area contributed by atoms with Gasteiger partial charge in [-0.3, -0.25) is 4.79 Å². The fourth-order valence-electron chi connectivity index (χ4n) is 4.42. The summed E-state index contributed by atoms with van der Waals surface area (Å²) < 4.78 is 0. The molecule has 2 aromatic carbocycles. The minimum atomic E-state index is -0.669. The van der Waals surface area contributed by atoms with Gasteiger partial charge in [0.05, 0.1) is 6.10 Å². The van der Waals surface area contributed by atoms with E-state index in [-0.39, 0.29) is 24.9 Å². The lowest BCUT2D eigenvalue weighted by molar-refractivity contribution is -0.122. The molecule has 0 spiro atoms. The number of benzene rings is 2. The van der Waals surface area contributed by atoms with E-state index in [1.165, 1.54) is 12.8 Å². The van der Waals surface area contributed by atoms with Gasteiger partial charge >= 0.3 is 0 Å². The molecule has 0 radical (unpaired) electrons. The molecule has 2 bridgehead atoms. The minimum absolute atomic E-state index is 0. The lowest BCUT2D eigenvalue weighted by atomic mass is 9.89. The number of carbonyl (C=O) groups excluding carboxylic acids is 1. The van der Waals surface area contributed by atoms with Crippen molar-refractivity contribution in [2.24, 2.45) is 5.92 Å². The van der Waals surface area contributed by atoms with Crippen LogP contribution in [0.15, 0.2) is 42.5 Å². The molecule has 4 nitrogen and oxygen atoms in total. The van der Waals surface area contributed by atoms with Crippen molar-refractivity contribution in [3.63, 3.8) is 0 Å². The van der Waals surface area contributed by atoms with Crippen molar-refractivity contribution in [1.29, 1.82) is 0 Å². The van der Waals surface area contributed by atoms with Crippen LogP contribution in [-0.4, -0.2) is 29.6 Å². The summed E-state index contributed by atoms with van der Waals surface area (Å²) in [7, 11) is 0. The Morgan fingerprint density at radius 2 is 1.81 bits per heavy atom. The number of nitrogens with one attached hydrogen (secondary N) is 2. The number of hydrogen-bond acceptors (Lipinski definition) is 3. The van der Waals surface area contributed by atoms with Crippen LogP contribution >= 0.6 is 12.4 Å². The van der Waals surface area contributed by atoms with Gasteiger partial charge in [-0.2, -0.15) is 0 Å². The summed E-state index contributed by atoms with van der Waals surface area (Å²) in [5.41, 5.74) is 0.846. The molecule has 2 aromatic rings. The second-order valence-corrected chi connectivity index (χ2v) is 7.61.